The quantitative estimate of drug-likeness (QED) is 0.911. The number of halogens is 1. The van der Waals surface area contributed by atoms with Crippen molar-refractivity contribution in [1.82, 2.24) is 4.98 Å². The van der Waals surface area contributed by atoms with Gasteiger partial charge in [-0.05, 0) is 36.8 Å². The summed E-state index contributed by atoms with van der Waals surface area (Å²) in [6.45, 7) is 1.93. The van der Waals surface area contributed by atoms with Crippen molar-refractivity contribution in [2.24, 2.45) is 0 Å². The van der Waals surface area contributed by atoms with Gasteiger partial charge in [-0.2, -0.15) is 5.26 Å². The minimum atomic E-state index is -0.306. The van der Waals surface area contributed by atoms with E-state index < -0.39 is 0 Å². The lowest BCUT2D eigenvalue weighted by Gasteiger charge is -2.08. The molecule has 6 heteroatoms. The molecular weight excluding hydrogens is 288 g/mol. The third-order valence-electron chi connectivity index (χ3n) is 2.87. The Morgan fingerprint density at radius 3 is 2.81 bits per heavy atom. The molecule has 0 saturated heterocycles. The molecule has 2 rings (SSSR count). The third-order valence-corrected chi connectivity index (χ3v) is 3.18. The Kier molecular flexibility index (Phi) is 4.41. The highest BCUT2D eigenvalue weighted by molar-refractivity contribution is 6.32. The van der Waals surface area contributed by atoms with Gasteiger partial charge in [0.15, 0.2) is 0 Å². The van der Waals surface area contributed by atoms with E-state index in [2.05, 4.69) is 10.3 Å². The monoisotopic (exact) mass is 300 g/mol. The van der Waals surface area contributed by atoms with Crippen molar-refractivity contribution in [3.63, 3.8) is 0 Å². The minimum Gasteiger partial charge on any atom is -0.384 e. The molecule has 21 heavy (non-hydrogen) atoms. The SMILES string of the molecule is CCc1cc(C(=O)Nc2ccc(C#N)c(Cl)c2)cc(N)n1. The zero-order valence-corrected chi connectivity index (χ0v) is 12.1. The van der Waals surface area contributed by atoms with Crippen LogP contribution in [0.25, 0.3) is 0 Å². The van der Waals surface area contributed by atoms with Crippen molar-refractivity contribution in [1.29, 1.82) is 5.26 Å². The molecule has 0 atom stereocenters. The van der Waals surface area contributed by atoms with Crippen LogP contribution in [-0.4, -0.2) is 10.9 Å². The first-order chi connectivity index (χ1) is 10.0. The molecule has 0 radical (unpaired) electrons. The number of nitrogens with one attached hydrogen (secondary N) is 1. The Morgan fingerprint density at radius 1 is 1.43 bits per heavy atom. The normalized spacial score (nSPS) is 9.95. The second-order valence-electron chi connectivity index (χ2n) is 4.39. The van der Waals surface area contributed by atoms with Crippen molar-refractivity contribution in [3.8, 4) is 6.07 Å². The van der Waals surface area contributed by atoms with E-state index in [1.807, 2.05) is 13.0 Å². The van der Waals surface area contributed by atoms with Crippen LogP contribution in [0, 0.1) is 11.3 Å². The van der Waals surface area contributed by atoms with Gasteiger partial charge in [0, 0.05) is 16.9 Å². The summed E-state index contributed by atoms with van der Waals surface area (Å²) in [6, 6.07) is 9.87. The van der Waals surface area contributed by atoms with Gasteiger partial charge in [0.05, 0.1) is 10.6 Å². The number of nitrogens with two attached hydrogens (primary N) is 1. The number of pyridine rings is 1. The lowest BCUT2D eigenvalue weighted by molar-refractivity contribution is 0.102. The molecule has 1 heterocycles. The molecule has 106 valence electrons. The molecule has 2 aromatic rings. The van der Waals surface area contributed by atoms with Crippen LogP contribution >= 0.6 is 11.6 Å². The molecule has 0 aliphatic heterocycles. The van der Waals surface area contributed by atoms with E-state index in [4.69, 9.17) is 22.6 Å². The first-order valence-electron chi connectivity index (χ1n) is 6.31. The number of aryl methyl sites for hydroxylation is 1. The van der Waals surface area contributed by atoms with Crippen LogP contribution < -0.4 is 11.1 Å². The Bertz CT molecular complexity index is 737. The molecule has 0 fully saturated rings. The van der Waals surface area contributed by atoms with Gasteiger partial charge >= 0.3 is 0 Å². The molecule has 1 aromatic heterocycles. The molecule has 0 spiro atoms. The van der Waals surface area contributed by atoms with Crippen molar-refractivity contribution < 1.29 is 4.79 Å². The number of aromatic nitrogens is 1. The first kappa shape index (κ1) is 14.8. The third kappa shape index (κ3) is 3.50. The maximum Gasteiger partial charge on any atom is 0.255 e. The average molecular weight is 301 g/mol. The largest absolute Gasteiger partial charge is 0.384 e. The van der Waals surface area contributed by atoms with Crippen LogP contribution in [0.15, 0.2) is 30.3 Å². The van der Waals surface area contributed by atoms with Crippen LogP contribution in [-0.2, 0) is 6.42 Å². The maximum absolute atomic E-state index is 12.2. The number of amides is 1. The predicted octanol–water partition coefficient (Wildman–Crippen LogP) is 3.00. The van der Waals surface area contributed by atoms with E-state index in [9.17, 15) is 4.79 Å². The van der Waals surface area contributed by atoms with Gasteiger partial charge in [-0.15, -0.1) is 0 Å². The van der Waals surface area contributed by atoms with Crippen LogP contribution in [0.4, 0.5) is 11.5 Å². The summed E-state index contributed by atoms with van der Waals surface area (Å²) in [5, 5.41) is 11.8. The zero-order chi connectivity index (χ0) is 15.4. The number of hydrogen-bond acceptors (Lipinski definition) is 4. The highest BCUT2D eigenvalue weighted by Gasteiger charge is 2.10. The van der Waals surface area contributed by atoms with Crippen LogP contribution in [0.1, 0.15) is 28.5 Å². The summed E-state index contributed by atoms with van der Waals surface area (Å²) in [5.41, 5.74) is 7.73. The standard InChI is InChI=1S/C15H13ClN4O/c1-2-11-5-10(6-14(18)19-11)15(21)20-12-4-3-9(8-17)13(16)7-12/h3-7H,2H2,1H3,(H2,18,19)(H,20,21). The Hall–Kier alpha value is -2.58. The highest BCUT2D eigenvalue weighted by atomic mass is 35.5. The number of nitrogen functional groups attached to an aromatic ring is 1. The zero-order valence-electron chi connectivity index (χ0n) is 11.4. The van der Waals surface area contributed by atoms with Gasteiger partial charge in [-0.1, -0.05) is 18.5 Å². The van der Waals surface area contributed by atoms with Crippen molar-refractivity contribution >= 4 is 29.0 Å². The highest BCUT2D eigenvalue weighted by Crippen LogP contribution is 2.21. The van der Waals surface area contributed by atoms with Gasteiger partial charge in [0.2, 0.25) is 0 Å². The van der Waals surface area contributed by atoms with Gasteiger partial charge in [-0.3, -0.25) is 4.79 Å². The molecule has 1 amide bonds. The van der Waals surface area contributed by atoms with Crippen molar-refractivity contribution in [2.45, 2.75) is 13.3 Å². The second-order valence-corrected chi connectivity index (χ2v) is 4.79. The molecule has 0 bridgehead atoms. The van der Waals surface area contributed by atoms with Gasteiger partial charge < -0.3 is 11.1 Å². The number of benzene rings is 1. The average Bonchev–Trinajstić information content (AvgIpc) is 2.46. The summed E-state index contributed by atoms with van der Waals surface area (Å²) < 4.78 is 0. The fourth-order valence-electron chi connectivity index (χ4n) is 1.81. The number of rotatable bonds is 3. The number of nitrogens with zero attached hydrogens (tertiary/aromatic N) is 2. The predicted molar refractivity (Wildman–Crippen MR) is 82.1 cm³/mol. The smallest absolute Gasteiger partial charge is 0.255 e. The van der Waals surface area contributed by atoms with E-state index in [0.717, 1.165) is 5.69 Å². The molecule has 5 nitrogen and oxygen atoms in total. The topological polar surface area (TPSA) is 91.8 Å². The van der Waals surface area contributed by atoms with Gasteiger partial charge in [-0.25, -0.2) is 4.98 Å². The molecule has 1 aromatic carbocycles. The van der Waals surface area contributed by atoms with E-state index in [1.165, 1.54) is 12.1 Å². The fourth-order valence-corrected chi connectivity index (χ4v) is 2.03. The van der Waals surface area contributed by atoms with E-state index in [-0.39, 0.29) is 5.91 Å². The molecule has 3 N–H and O–H groups in total. The first-order valence-corrected chi connectivity index (χ1v) is 6.68. The lowest BCUT2D eigenvalue weighted by Crippen LogP contribution is -2.13. The number of nitriles is 1. The number of carbonyl (C=O) groups excluding carboxylic acids is 1. The second kappa shape index (κ2) is 6.25. The molecule has 0 aliphatic rings. The van der Waals surface area contributed by atoms with Crippen LogP contribution in [0.3, 0.4) is 0 Å². The van der Waals surface area contributed by atoms with Crippen molar-refractivity contribution in [3.05, 3.63) is 52.2 Å². The summed E-state index contributed by atoms with van der Waals surface area (Å²) >= 11 is 5.93. The summed E-state index contributed by atoms with van der Waals surface area (Å²) in [6.07, 6.45) is 0.689. The number of anilines is 2. The Balaban J connectivity index is 2.24. The Morgan fingerprint density at radius 2 is 2.19 bits per heavy atom. The minimum absolute atomic E-state index is 0.291. The lowest BCUT2D eigenvalue weighted by atomic mass is 10.1. The fraction of sp³-hybridized carbons (Fsp3) is 0.133. The Labute approximate surface area is 127 Å². The summed E-state index contributed by atoms with van der Waals surface area (Å²) in [5.74, 6) is -0.00284. The van der Waals surface area contributed by atoms with E-state index in [1.54, 1.807) is 18.2 Å². The van der Waals surface area contributed by atoms with Crippen molar-refractivity contribution in [2.75, 3.05) is 11.1 Å². The van der Waals surface area contributed by atoms with E-state index in [0.29, 0.717) is 34.1 Å². The molecule has 0 aliphatic carbocycles. The molecule has 0 unspecified atom stereocenters. The molecular formula is C15H13ClN4O. The van der Waals surface area contributed by atoms with Gasteiger partial charge in [0.25, 0.3) is 5.91 Å². The number of hydrogen-bond donors (Lipinski definition) is 2. The van der Waals surface area contributed by atoms with Crippen LogP contribution in [0.5, 0.6) is 0 Å². The summed E-state index contributed by atoms with van der Waals surface area (Å²) in [4.78, 5) is 16.3. The number of carbonyl (C=O) groups is 1. The summed E-state index contributed by atoms with van der Waals surface area (Å²) in [7, 11) is 0. The van der Waals surface area contributed by atoms with Gasteiger partial charge in [0.1, 0.15) is 11.9 Å². The van der Waals surface area contributed by atoms with Crippen LogP contribution in [0.2, 0.25) is 5.02 Å². The van der Waals surface area contributed by atoms with E-state index >= 15 is 0 Å². The molecule has 0 saturated carbocycles. The maximum atomic E-state index is 12.2.